The van der Waals surface area contributed by atoms with Crippen LogP contribution in [0.25, 0.3) is 0 Å². The molecule has 0 spiro atoms. The Bertz CT molecular complexity index is 404. The van der Waals surface area contributed by atoms with Crippen molar-refractivity contribution in [3.05, 3.63) is 71.8 Å². The molecule has 2 radical (unpaired) electrons. The maximum atomic E-state index is 2.41. The summed E-state index contributed by atoms with van der Waals surface area (Å²) < 4.78 is 0. The van der Waals surface area contributed by atoms with Crippen molar-refractivity contribution in [1.82, 2.24) is 0 Å². The fraction of sp³-hybridized carbons (Fsp3) is 0.333. The molecule has 0 N–H and O–H groups in total. The van der Waals surface area contributed by atoms with E-state index in [1.165, 1.54) is 21.6 Å². The molecule has 0 nitrogen and oxygen atoms in total. The van der Waals surface area contributed by atoms with Crippen LogP contribution in [-0.4, -0.2) is 28.7 Å². The monoisotopic (exact) mass is 390 g/mol. The van der Waals surface area contributed by atoms with Gasteiger partial charge in [0.2, 0.25) is 0 Å². The second-order valence-corrected chi connectivity index (χ2v) is 17.4. The Morgan fingerprint density at radius 1 is 0.550 bits per heavy atom. The van der Waals surface area contributed by atoms with E-state index in [9.17, 15) is 0 Å². The number of hydrogen-bond acceptors (Lipinski definition) is 0. The summed E-state index contributed by atoms with van der Waals surface area (Å²) in [6.45, 7) is 0. The van der Waals surface area contributed by atoms with Crippen LogP contribution in [0.2, 0.25) is 23.0 Å². The normalized spacial score (nSPS) is 10.3. The minimum atomic E-state index is -0.630. The van der Waals surface area contributed by atoms with E-state index in [2.05, 4.69) is 83.7 Å². The summed E-state index contributed by atoms with van der Waals surface area (Å²) in [6.07, 6.45) is 0. The molecule has 0 heterocycles. The van der Waals surface area contributed by atoms with Gasteiger partial charge in [-0.1, -0.05) is 0 Å². The van der Waals surface area contributed by atoms with E-state index in [0.29, 0.717) is 0 Å². The first-order valence-corrected chi connectivity index (χ1v) is 18.6. The molecule has 0 fully saturated rings. The van der Waals surface area contributed by atoms with Gasteiger partial charge in [-0.25, -0.2) is 0 Å². The van der Waals surface area contributed by atoms with Crippen LogP contribution in [-0.2, 0) is 10.5 Å². The van der Waals surface area contributed by atoms with Gasteiger partial charge in [0.1, 0.15) is 0 Å². The third-order valence-corrected chi connectivity index (χ3v) is 7.48. The molecule has 0 aliphatic heterocycles. The van der Waals surface area contributed by atoms with E-state index >= 15 is 0 Å². The molecular weight excluding hydrogens is 361 g/mol. The molecule has 2 rings (SSSR count). The maximum absolute atomic E-state index is 2.41. The van der Waals surface area contributed by atoms with Gasteiger partial charge in [-0.15, -0.1) is 0 Å². The summed E-state index contributed by atoms with van der Waals surface area (Å²) in [4.78, 5) is 0. The SMILES string of the molecule is [CH3][Ge]([CH3])[CH2]c1ccccc1.[CH3][Ge]([CH3])[CH2]c1ccccc1. The minimum absolute atomic E-state index is 0.630. The molecular formula is C18H26Ge2. The molecule has 0 saturated heterocycles. The van der Waals surface area contributed by atoms with E-state index < -0.39 is 28.7 Å². The van der Waals surface area contributed by atoms with E-state index in [4.69, 9.17) is 0 Å². The van der Waals surface area contributed by atoms with Crippen LogP contribution in [0.15, 0.2) is 60.7 Å². The van der Waals surface area contributed by atoms with Crippen LogP contribution in [0.3, 0.4) is 0 Å². The van der Waals surface area contributed by atoms with Crippen molar-refractivity contribution in [3.8, 4) is 0 Å². The molecule has 0 aliphatic rings. The summed E-state index contributed by atoms with van der Waals surface area (Å²) in [5, 5.41) is 2.72. The molecule has 2 aromatic rings. The third-order valence-electron chi connectivity index (χ3n) is 2.80. The molecule has 2 aromatic carbocycles. The van der Waals surface area contributed by atoms with Crippen molar-refractivity contribution in [2.75, 3.05) is 0 Å². The summed E-state index contributed by atoms with van der Waals surface area (Å²) >= 11 is -1.26. The van der Waals surface area contributed by atoms with Crippen molar-refractivity contribution in [1.29, 1.82) is 0 Å². The zero-order valence-electron chi connectivity index (χ0n) is 13.2. The van der Waals surface area contributed by atoms with Gasteiger partial charge in [0.15, 0.2) is 0 Å². The van der Waals surface area contributed by atoms with Gasteiger partial charge in [0.25, 0.3) is 0 Å². The molecule has 0 unspecified atom stereocenters. The van der Waals surface area contributed by atoms with Crippen LogP contribution in [0.1, 0.15) is 11.1 Å². The van der Waals surface area contributed by atoms with Crippen molar-refractivity contribution in [2.45, 2.75) is 33.5 Å². The number of rotatable bonds is 4. The average molecular weight is 388 g/mol. The van der Waals surface area contributed by atoms with Crippen LogP contribution in [0, 0.1) is 0 Å². The van der Waals surface area contributed by atoms with E-state index in [0.717, 1.165) is 0 Å². The standard InChI is InChI=1S/2C9H13Ge/c2*1-10(2)8-9-6-4-3-5-7-9/h2*3-7H,8H2,1-2H3. The Balaban J connectivity index is 0.000000200. The van der Waals surface area contributed by atoms with E-state index in [-0.39, 0.29) is 0 Å². The quantitative estimate of drug-likeness (QED) is 0.644. The first-order chi connectivity index (χ1) is 9.58. The number of hydrogen-bond donors (Lipinski definition) is 0. The predicted octanol–water partition coefficient (Wildman–Crippen LogP) is 5.05. The molecule has 2 heteroatoms. The van der Waals surface area contributed by atoms with E-state index in [1.807, 2.05) is 0 Å². The molecule has 0 aliphatic carbocycles. The Morgan fingerprint density at radius 2 is 0.850 bits per heavy atom. The fourth-order valence-electron chi connectivity index (χ4n) is 2.01. The van der Waals surface area contributed by atoms with Crippen LogP contribution < -0.4 is 0 Å². The average Bonchev–Trinajstić information content (AvgIpc) is 2.40. The summed E-state index contributed by atoms with van der Waals surface area (Å²) in [7, 11) is 0. The van der Waals surface area contributed by atoms with Gasteiger partial charge in [0, 0.05) is 0 Å². The summed E-state index contributed by atoms with van der Waals surface area (Å²) in [5.74, 6) is 9.64. The van der Waals surface area contributed by atoms with Gasteiger partial charge in [-0.2, -0.15) is 0 Å². The van der Waals surface area contributed by atoms with Crippen LogP contribution >= 0.6 is 0 Å². The van der Waals surface area contributed by atoms with Crippen LogP contribution in [0.4, 0.5) is 0 Å². The van der Waals surface area contributed by atoms with Gasteiger partial charge < -0.3 is 0 Å². The van der Waals surface area contributed by atoms with Crippen molar-refractivity contribution in [2.24, 2.45) is 0 Å². The van der Waals surface area contributed by atoms with Crippen molar-refractivity contribution >= 4 is 28.7 Å². The molecule has 0 amide bonds. The molecule has 0 bridgehead atoms. The number of benzene rings is 2. The Morgan fingerprint density at radius 3 is 1.10 bits per heavy atom. The second-order valence-electron chi connectivity index (χ2n) is 5.74. The topological polar surface area (TPSA) is 0 Å². The van der Waals surface area contributed by atoms with Crippen molar-refractivity contribution < 1.29 is 0 Å². The molecule has 0 aromatic heterocycles. The Kier molecular flexibility index (Phi) is 9.04. The van der Waals surface area contributed by atoms with Crippen LogP contribution in [0.5, 0.6) is 0 Å². The second kappa shape index (κ2) is 10.3. The molecule has 20 heavy (non-hydrogen) atoms. The summed E-state index contributed by atoms with van der Waals surface area (Å²) in [5.41, 5.74) is 3.03. The van der Waals surface area contributed by atoms with Gasteiger partial charge in [0.05, 0.1) is 0 Å². The third kappa shape index (κ3) is 8.65. The van der Waals surface area contributed by atoms with Gasteiger partial charge in [-0.05, 0) is 0 Å². The molecule has 106 valence electrons. The van der Waals surface area contributed by atoms with Crippen molar-refractivity contribution in [3.63, 3.8) is 0 Å². The van der Waals surface area contributed by atoms with E-state index in [1.54, 1.807) is 0 Å². The first kappa shape index (κ1) is 17.6. The molecule has 0 saturated carbocycles. The van der Waals surface area contributed by atoms with Gasteiger partial charge in [-0.3, -0.25) is 0 Å². The molecule has 0 atom stereocenters. The Labute approximate surface area is 133 Å². The zero-order chi connectivity index (χ0) is 14.8. The Hall–Kier alpha value is -0.474. The van der Waals surface area contributed by atoms with Gasteiger partial charge >= 0.3 is 134 Å². The zero-order valence-corrected chi connectivity index (χ0v) is 17.4. The predicted molar refractivity (Wildman–Crippen MR) is 95.3 cm³/mol. The summed E-state index contributed by atoms with van der Waals surface area (Å²) in [6, 6.07) is 21.5. The fourth-order valence-corrected chi connectivity index (χ4v) is 6.42. The first-order valence-electron chi connectivity index (χ1n) is 7.24.